The van der Waals surface area contributed by atoms with Crippen molar-refractivity contribution in [2.24, 2.45) is 0 Å². The minimum absolute atomic E-state index is 0.0309. The van der Waals surface area contributed by atoms with Crippen LogP contribution in [0.2, 0.25) is 0 Å². The zero-order valence-electron chi connectivity index (χ0n) is 18.9. The Morgan fingerprint density at radius 1 is 0.970 bits per heavy atom. The van der Waals surface area contributed by atoms with Crippen molar-refractivity contribution in [2.45, 2.75) is 13.0 Å². The Kier molecular flexibility index (Phi) is 7.99. The lowest BCUT2D eigenvalue weighted by molar-refractivity contribution is -0.385. The van der Waals surface area contributed by atoms with E-state index in [2.05, 4.69) is 17.3 Å². The number of carbonyl (C=O) groups is 1. The van der Waals surface area contributed by atoms with Crippen molar-refractivity contribution in [3.63, 3.8) is 0 Å². The Morgan fingerprint density at radius 3 is 2.30 bits per heavy atom. The number of carbonyl (C=O) groups excluding carboxylic acids is 1. The van der Waals surface area contributed by atoms with Crippen molar-refractivity contribution in [1.29, 1.82) is 0 Å². The lowest BCUT2D eigenvalue weighted by atomic mass is 10.1. The Labute approximate surface area is 192 Å². The van der Waals surface area contributed by atoms with Gasteiger partial charge in [0.1, 0.15) is 5.56 Å². The van der Waals surface area contributed by atoms with Gasteiger partial charge in [-0.15, -0.1) is 0 Å². The number of methoxy groups -OCH3 is 2. The van der Waals surface area contributed by atoms with Crippen molar-refractivity contribution in [1.82, 2.24) is 4.90 Å². The maximum atomic E-state index is 12.5. The highest BCUT2D eigenvalue weighted by Crippen LogP contribution is 2.28. The summed E-state index contributed by atoms with van der Waals surface area (Å²) in [5.74, 6) is 0.907. The number of para-hydroxylation sites is 1. The van der Waals surface area contributed by atoms with E-state index < -0.39 is 10.8 Å². The third kappa shape index (κ3) is 6.30. The first-order valence-corrected chi connectivity index (χ1v) is 10.4. The number of hydrogen-bond acceptors (Lipinski definition) is 6. The first-order chi connectivity index (χ1) is 15.9. The molecule has 0 atom stereocenters. The van der Waals surface area contributed by atoms with E-state index in [1.807, 2.05) is 30.3 Å². The maximum Gasteiger partial charge on any atom is 0.282 e. The number of ether oxygens (including phenoxy) is 2. The Bertz CT molecular complexity index is 1120. The lowest BCUT2D eigenvalue weighted by Crippen LogP contribution is -2.20. The smallest absolute Gasteiger partial charge is 0.282 e. The third-order valence-electron chi connectivity index (χ3n) is 5.24. The second-order valence-corrected chi connectivity index (χ2v) is 7.60. The fourth-order valence-electron chi connectivity index (χ4n) is 3.47. The lowest BCUT2D eigenvalue weighted by Gasteiger charge is -2.18. The monoisotopic (exact) mass is 449 g/mol. The van der Waals surface area contributed by atoms with Crippen LogP contribution in [0.25, 0.3) is 0 Å². The van der Waals surface area contributed by atoms with Crippen molar-refractivity contribution in [2.75, 3.05) is 33.1 Å². The molecular formula is C25H27N3O5. The summed E-state index contributed by atoms with van der Waals surface area (Å²) in [6, 6.07) is 19.3. The van der Waals surface area contributed by atoms with Crippen LogP contribution < -0.4 is 14.8 Å². The average molecular weight is 450 g/mol. The average Bonchev–Trinajstić information content (AvgIpc) is 2.83. The molecule has 1 amide bonds. The molecule has 0 fully saturated rings. The van der Waals surface area contributed by atoms with Crippen LogP contribution in [-0.4, -0.2) is 43.5 Å². The molecule has 3 aromatic carbocycles. The number of amides is 1. The van der Waals surface area contributed by atoms with E-state index in [4.69, 9.17) is 9.47 Å². The minimum Gasteiger partial charge on any atom is -0.493 e. The summed E-state index contributed by atoms with van der Waals surface area (Å²) in [5, 5.41) is 13.9. The van der Waals surface area contributed by atoms with Crippen LogP contribution in [0.3, 0.4) is 0 Å². The van der Waals surface area contributed by atoms with E-state index in [-0.39, 0.29) is 11.3 Å². The summed E-state index contributed by atoms with van der Waals surface area (Å²) in [6.45, 7) is 1.61. The highest BCUT2D eigenvalue weighted by molar-refractivity contribution is 6.07. The Hall–Kier alpha value is -3.91. The summed E-state index contributed by atoms with van der Waals surface area (Å²) in [4.78, 5) is 25.3. The fraction of sp³-hybridized carbons (Fsp3) is 0.240. The molecule has 3 rings (SSSR count). The highest BCUT2D eigenvalue weighted by atomic mass is 16.6. The van der Waals surface area contributed by atoms with Gasteiger partial charge in [0.15, 0.2) is 11.5 Å². The van der Waals surface area contributed by atoms with Crippen LogP contribution in [0.5, 0.6) is 11.5 Å². The van der Waals surface area contributed by atoms with E-state index >= 15 is 0 Å². The number of nitro benzene ring substituents is 1. The summed E-state index contributed by atoms with van der Waals surface area (Å²) in [7, 11) is 5.29. The molecule has 0 aliphatic heterocycles. The predicted molar refractivity (Wildman–Crippen MR) is 127 cm³/mol. The molecule has 172 valence electrons. The van der Waals surface area contributed by atoms with Gasteiger partial charge < -0.3 is 19.7 Å². The highest BCUT2D eigenvalue weighted by Gasteiger charge is 2.19. The van der Waals surface area contributed by atoms with Gasteiger partial charge in [0.05, 0.1) is 19.1 Å². The van der Waals surface area contributed by atoms with Gasteiger partial charge in [-0.1, -0.05) is 30.3 Å². The van der Waals surface area contributed by atoms with Crippen LogP contribution >= 0.6 is 0 Å². The molecule has 0 aliphatic carbocycles. The molecule has 0 spiro atoms. The molecule has 1 N–H and O–H groups in total. The quantitative estimate of drug-likeness (QED) is 0.361. The molecular weight excluding hydrogens is 422 g/mol. The molecule has 0 saturated carbocycles. The number of likely N-dealkylation sites (N-methyl/N-ethyl adjacent to an activating group) is 1. The van der Waals surface area contributed by atoms with E-state index in [0.29, 0.717) is 17.2 Å². The Morgan fingerprint density at radius 2 is 1.64 bits per heavy atom. The molecule has 0 bridgehead atoms. The molecule has 8 nitrogen and oxygen atoms in total. The molecule has 0 aliphatic rings. The van der Waals surface area contributed by atoms with Crippen molar-refractivity contribution in [3.05, 3.63) is 93.5 Å². The molecule has 0 unspecified atom stereocenters. The summed E-state index contributed by atoms with van der Waals surface area (Å²) in [5.41, 5.74) is 2.65. The molecule has 8 heteroatoms. The summed E-state index contributed by atoms with van der Waals surface area (Å²) in [6.07, 6.45) is 0.835. The number of benzene rings is 3. The predicted octanol–water partition coefficient (Wildman–Crippen LogP) is 4.54. The first kappa shape index (κ1) is 23.7. The third-order valence-corrected chi connectivity index (χ3v) is 5.24. The van der Waals surface area contributed by atoms with Crippen LogP contribution in [0.1, 0.15) is 21.5 Å². The fourth-order valence-corrected chi connectivity index (χ4v) is 3.47. The van der Waals surface area contributed by atoms with Gasteiger partial charge in [-0.3, -0.25) is 14.9 Å². The zero-order valence-corrected chi connectivity index (χ0v) is 18.9. The molecule has 0 radical (unpaired) electrons. The van der Waals surface area contributed by atoms with Gasteiger partial charge in [0.2, 0.25) is 0 Å². The van der Waals surface area contributed by atoms with Gasteiger partial charge in [-0.2, -0.15) is 0 Å². The molecule has 0 saturated heterocycles. The van der Waals surface area contributed by atoms with Gasteiger partial charge >= 0.3 is 0 Å². The second kappa shape index (κ2) is 11.1. The van der Waals surface area contributed by atoms with E-state index in [1.54, 1.807) is 32.4 Å². The number of nitrogens with zero attached hydrogens (tertiary/aromatic N) is 2. The van der Waals surface area contributed by atoms with E-state index in [1.165, 1.54) is 18.2 Å². The van der Waals surface area contributed by atoms with Crippen molar-refractivity contribution >= 4 is 17.3 Å². The second-order valence-electron chi connectivity index (χ2n) is 7.60. The van der Waals surface area contributed by atoms with Gasteiger partial charge in [0.25, 0.3) is 11.6 Å². The van der Waals surface area contributed by atoms with E-state index in [9.17, 15) is 14.9 Å². The topological polar surface area (TPSA) is 93.9 Å². The van der Waals surface area contributed by atoms with Gasteiger partial charge in [-0.25, -0.2) is 0 Å². The number of nitro groups is 1. The number of rotatable bonds is 10. The van der Waals surface area contributed by atoms with Crippen molar-refractivity contribution < 1.29 is 19.2 Å². The number of nitrogens with one attached hydrogen (secondary N) is 1. The number of hydrogen-bond donors (Lipinski definition) is 1. The minimum atomic E-state index is -0.559. The Balaban J connectivity index is 1.54. The molecule has 33 heavy (non-hydrogen) atoms. The van der Waals surface area contributed by atoms with Crippen LogP contribution in [-0.2, 0) is 13.0 Å². The van der Waals surface area contributed by atoms with Gasteiger partial charge in [0, 0.05) is 24.8 Å². The van der Waals surface area contributed by atoms with E-state index in [0.717, 1.165) is 30.6 Å². The summed E-state index contributed by atoms with van der Waals surface area (Å²) >= 11 is 0. The SMILES string of the molecule is COc1ccc(CN(C)CCc2ccc(NC(=O)c3ccccc3[N+](=O)[O-])cc2)cc1OC. The van der Waals surface area contributed by atoms with Crippen LogP contribution in [0, 0.1) is 10.1 Å². The largest absolute Gasteiger partial charge is 0.493 e. The molecule has 3 aromatic rings. The van der Waals surface area contributed by atoms with Crippen LogP contribution in [0.15, 0.2) is 66.7 Å². The standard InChI is InChI=1S/C25H27N3O5/c1-27(17-19-10-13-23(32-2)24(16-19)33-3)15-14-18-8-11-20(12-9-18)26-25(29)21-6-4-5-7-22(21)28(30)31/h4-13,16H,14-15,17H2,1-3H3,(H,26,29). The zero-order chi connectivity index (χ0) is 23.8. The normalized spacial score (nSPS) is 10.7. The first-order valence-electron chi connectivity index (χ1n) is 10.4. The molecule has 0 heterocycles. The maximum absolute atomic E-state index is 12.5. The van der Waals surface area contributed by atoms with Crippen LogP contribution in [0.4, 0.5) is 11.4 Å². The number of anilines is 1. The molecule has 0 aromatic heterocycles. The van der Waals surface area contributed by atoms with Gasteiger partial charge in [-0.05, 0) is 54.9 Å². The van der Waals surface area contributed by atoms with Crippen molar-refractivity contribution in [3.8, 4) is 11.5 Å². The summed E-state index contributed by atoms with van der Waals surface area (Å²) < 4.78 is 10.6.